The maximum absolute atomic E-state index is 10.5. The summed E-state index contributed by atoms with van der Waals surface area (Å²) >= 11 is 0. The molecule has 1 aromatic rings. The molecular formula is C10H10O3. The highest BCUT2D eigenvalue weighted by atomic mass is 16.5. The summed E-state index contributed by atoms with van der Waals surface area (Å²) in [7, 11) is 0. The molecule has 0 radical (unpaired) electrons. The molecule has 0 saturated carbocycles. The number of rotatable bonds is 1. The monoisotopic (exact) mass is 178 g/mol. The number of aromatic hydroxyl groups is 1. The molecule has 2 rings (SSSR count). The Balaban J connectivity index is 2.32. The number of aldehydes is 1. The van der Waals surface area contributed by atoms with E-state index in [0.717, 1.165) is 17.6 Å². The summed E-state index contributed by atoms with van der Waals surface area (Å²) in [5.74, 6) is 0.916. The van der Waals surface area contributed by atoms with Crippen molar-refractivity contribution in [2.24, 2.45) is 5.92 Å². The smallest absolute Gasteiger partial charge is 0.126 e. The summed E-state index contributed by atoms with van der Waals surface area (Å²) in [4.78, 5) is 10.5. The molecule has 1 atom stereocenters. The fourth-order valence-electron chi connectivity index (χ4n) is 1.49. The first kappa shape index (κ1) is 8.10. The number of carbonyl (C=O) groups excluding carboxylic acids is 1. The Morgan fingerprint density at radius 3 is 3.15 bits per heavy atom. The Morgan fingerprint density at radius 1 is 1.54 bits per heavy atom. The Labute approximate surface area is 76.0 Å². The molecule has 1 aliphatic heterocycles. The fourth-order valence-corrected chi connectivity index (χ4v) is 1.49. The predicted molar refractivity (Wildman–Crippen MR) is 46.9 cm³/mol. The Hall–Kier alpha value is -1.51. The topological polar surface area (TPSA) is 46.5 Å². The number of benzene rings is 1. The van der Waals surface area contributed by atoms with Gasteiger partial charge < -0.3 is 14.6 Å². The van der Waals surface area contributed by atoms with Crippen molar-refractivity contribution in [1.82, 2.24) is 0 Å². The molecule has 3 heteroatoms. The molecule has 1 unspecified atom stereocenters. The van der Waals surface area contributed by atoms with Crippen LogP contribution in [0.2, 0.25) is 0 Å². The first-order valence-corrected chi connectivity index (χ1v) is 4.19. The Bertz CT molecular complexity index is 333. The van der Waals surface area contributed by atoms with Gasteiger partial charge in [-0.3, -0.25) is 0 Å². The van der Waals surface area contributed by atoms with Crippen LogP contribution in [-0.4, -0.2) is 18.0 Å². The lowest BCUT2D eigenvalue weighted by Crippen LogP contribution is -2.21. The van der Waals surface area contributed by atoms with Crippen molar-refractivity contribution >= 4 is 6.29 Å². The summed E-state index contributed by atoms with van der Waals surface area (Å²) in [6.45, 7) is 0.446. The van der Waals surface area contributed by atoms with Crippen molar-refractivity contribution in [2.45, 2.75) is 6.42 Å². The van der Waals surface area contributed by atoms with Gasteiger partial charge in [-0.05, 0) is 30.2 Å². The van der Waals surface area contributed by atoms with E-state index in [1.165, 1.54) is 0 Å². The Morgan fingerprint density at radius 2 is 2.38 bits per heavy atom. The van der Waals surface area contributed by atoms with Crippen molar-refractivity contribution in [2.75, 3.05) is 6.61 Å². The van der Waals surface area contributed by atoms with Gasteiger partial charge in [0.25, 0.3) is 0 Å². The van der Waals surface area contributed by atoms with E-state index in [1.807, 2.05) is 0 Å². The summed E-state index contributed by atoms with van der Waals surface area (Å²) in [6, 6.07) is 4.96. The molecule has 0 aliphatic carbocycles. The normalized spacial score (nSPS) is 20.2. The molecule has 0 bridgehead atoms. The van der Waals surface area contributed by atoms with Crippen LogP contribution in [-0.2, 0) is 11.2 Å². The minimum absolute atomic E-state index is 0.0747. The minimum atomic E-state index is -0.0747. The van der Waals surface area contributed by atoms with Gasteiger partial charge in [0.05, 0.1) is 12.5 Å². The second-order valence-electron chi connectivity index (χ2n) is 3.20. The minimum Gasteiger partial charge on any atom is -0.508 e. The first-order valence-electron chi connectivity index (χ1n) is 4.19. The van der Waals surface area contributed by atoms with E-state index in [-0.39, 0.29) is 11.7 Å². The van der Waals surface area contributed by atoms with Crippen LogP contribution in [0.4, 0.5) is 0 Å². The van der Waals surface area contributed by atoms with E-state index < -0.39 is 0 Å². The van der Waals surface area contributed by atoms with Crippen LogP contribution in [0.3, 0.4) is 0 Å². The maximum Gasteiger partial charge on any atom is 0.126 e. The van der Waals surface area contributed by atoms with Crippen molar-refractivity contribution < 1.29 is 14.6 Å². The number of ether oxygens (including phenoxy) is 1. The van der Waals surface area contributed by atoms with Crippen molar-refractivity contribution in [1.29, 1.82) is 0 Å². The number of carbonyl (C=O) groups is 1. The highest BCUT2D eigenvalue weighted by molar-refractivity contribution is 5.56. The third kappa shape index (κ3) is 1.49. The molecule has 0 spiro atoms. The van der Waals surface area contributed by atoms with E-state index in [4.69, 9.17) is 4.74 Å². The summed E-state index contributed by atoms with van der Waals surface area (Å²) < 4.78 is 5.34. The van der Waals surface area contributed by atoms with E-state index in [2.05, 4.69) is 0 Å². The van der Waals surface area contributed by atoms with Crippen molar-refractivity contribution in [3.05, 3.63) is 23.8 Å². The number of phenolic OH excluding ortho intramolecular Hbond substituents is 1. The molecule has 3 nitrogen and oxygen atoms in total. The van der Waals surface area contributed by atoms with E-state index in [9.17, 15) is 9.90 Å². The molecule has 0 saturated heterocycles. The largest absolute Gasteiger partial charge is 0.508 e. The van der Waals surface area contributed by atoms with Crippen LogP contribution in [0.25, 0.3) is 0 Å². The quantitative estimate of drug-likeness (QED) is 0.656. The van der Waals surface area contributed by atoms with E-state index in [1.54, 1.807) is 18.2 Å². The zero-order valence-corrected chi connectivity index (χ0v) is 7.06. The zero-order chi connectivity index (χ0) is 9.26. The second-order valence-corrected chi connectivity index (χ2v) is 3.20. The van der Waals surface area contributed by atoms with Crippen LogP contribution < -0.4 is 4.74 Å². The van der Waals surface area contributed by atoms with Gasteiger partial charge in [-0.2, -0.15) is 0 Å². The third-order valence-corrected chi connectivity index (χ3v) is 2.17. The maximum atomic E-state index is 10.5. The SMILES string of the molecule is O=CC1COc2ccc(O)cc2C1. The van der Waals surface area contributed by atoms with Crippen molar-refractivity contribution in [3.8, 4) is 11.5 Å². The average molecular weight is 178 g/mol. The molecule has 68 valence electrons. The van der Waals surface area contributed by atoms with Gasteiger partial charge in [-0.25, -0.2) is 0 Å². The van der Waals surface area contributed by atoms with E-state index in [0.29, 0.717) is 13.0 Å². The third-order valence-electron chi connectivity index (χ3n) is 2.17. The molecule has 13 heavy (non-hydrogen) atoms. The van der Waals surface area contributed by atoms with Crippen LogP contribution in [0.15, 0.2) is 18.2 Å². The van der Waals surface area contributed by atoms with Gasteiger partial charge in [-0.15, -0.1) is 0 Å². The van der Waals surface area contributed by atoms with Crippen molar-refractivity contribution in [3.63, 3.8) is 0 Å². The van der Waals surface area contributed by atoms with Gasteiger partial charge >= 0.3 is 0 Å². The molecule has 1 aromatic carbocycles. The van der Waals surface area contributed by atoms with Gasteiger partial charge in [-0.1, -0.05) is 0 Å². The molecule has 0 aromatic heterocycles. The number of phenols is 1. The number of hydrogen-bond donors (Lipinski definition) is 1. The lowest BCUT2D eigenvalue weighted by molar-refractivity contribution is -0.112. The lowest BCUT2D eigenvalue weighted by atomic mass is 9.98. The van der Waals surface area contributed by atoms with Gasteiger partial charge in [0.2, 0.25) is 0 Å². The van der Waals surface area contributed by atoms with E-state index >= 15 is 0 Å². The van der Waals surface area contributed by atoms with Gasteiger partial charge in [0.1, 0.15) is 17.8 Å². The highest BCUT2D eigenvalue weighted by Crippen LogP contribution is 2.29. The summed E-state index contributed by atoms with van der Waals surface area (Å²) in [5, 5.41) is 9.20. The standard InChI is InChI=1S/C10H10O3/c11-5-7-3-8-4-9(12)1-2-10(8)13-6-7/h1-2,4-5,7,12H,3,6H2. The molecule has 0 fully saturated rings. The van der Waals surface area contributed by atoms with Crippen LogP contribution in [0, 0.1) is 5.92 Å². The van der Waals surface area contributed by atoms with Crippen LogP contribution in [0.5, 0.6) is 11.5 Å². The fraction of sp³-hybridized carbons (Fsp3) is 0.300. The average Bonchev–Trinajstić information content (AvgIpc) is 2.16. The van der Waals surface area contributed by atoms with Gasteiger partial charge in [0.15, 0.2) is 0 Å². The summed E-state index contributed by atoms with van der Waals surface area (Å²) in [5.41, 5.74) is 0.906. The van der Waals surface area contributed by atoms with Gasteiger partial charge in [0, 0.05) is 0 Å². The lowest BCUT2D eigenvalue weighted by Gasteiger charge is -2.21. The predicted octanol–water partition coefficient (Wildman–Crippen LogP) is 1.14. The number of fused-ring (bicyclic) bond motifs is 1. The zero-order valence-electron chi connectivity index (χ0n) is 7.06. The summed E-state index contributed by atoms with van der Waals surface area (Å²) in [6.07, 6.45) is 1.56. The highest BCUT2D eigenvalue weighted by Gasteiger charge is 2.19. The molecule has 0 amide bonds. The Kier molecular flexibility index (Phi) is 1.93. The molecule has 1 aliphatic rings. The van der Waals surface area contributed by atoms with Crippen LogP contribution in [0.1, 0.15) is 5.56 Å². The van der Waals surface area contributed by atoms with Crippen LogP contribution >= 0.6 is 0 Å². The molecular weight excluding hydrogens is 168 g/mol. The number of hydrogen-bond acceptors (Lipinski definition) is 3. The molecule has 1 N–H and O–H groups in total. The first-order chi connectivity index (χ1) is 6.29. The second kappa shape index (κ2) is 3.09. The molecule has 1 heterocycles.